The van der Waals surface area contributed by atoms with Crippen LogP contribution >= 0.6 is 0 Å². The van der Waals surface area contributed by atoms with Gasteiger partial charge in [-0.05, 0) is 86.0 Å². The van der Waals surface area contributed by atoms with Crippen LogP contribution in [0.4, 0.5) is 10.5 Å². The van der Waals surface area contributed by atoms with Gasteiger partial charge in [-0.2, -0.15) is 5.17 Å². The molecule has 2 unspecified atom stereocenters. The Labute approximate surface area is 191 Å². The number of hydrogen-bond donors (Lipinski definition) is 4. The summed E-state index contributed by atoms with van der Waals surface area (Å²) in [5.41, 5.74) is 8.54. The van der Waals surface area contributed by atoms with Crippen LogP contribution in [0.25, 0.3) is 0 Å². The van der Waals surface area contributed by atoms with Crippen molar-refractivity contribution in [3.8, 4) is 0 Å². The van der Waals surface area contributed by atoms with Crippen LogP contribution in [0.15, 0.2) is 17.5 Å². The van der Waals surface area contributed by atoms with Gasteiger partial charge in [0.05, 0.1) is 6.61 Å². The number of amides is 2. The summed E-state index contributed by atoms with van der Waals surface area (Å²) in [6, 6.07) is 1.79. The minimum atomic E-state index is -0.530. The van der Waals surface area contributed by atoms with Crippen molar-refractivity contribution in [3.63, 3.8) is 0 Å². The number of ether oxygens (including phenoxy) is 1. The maximum absolute atomic E-state index is 12.8. The Hall–Kier alpha value is -2.54. The number of nitrogens with one attached hydrogen (secondary N) is 3. The molecule has 7 nitrogen and oxygen atoms in total. The van der Waals surface area contributed by atoms with Crippen molar-refractivity contribution in [2.75, 3.05) is 11.9 Å². The first kappa shape index (κ1) is 24.1. The zero-order valence-electron chi connectivity index (χ0n) is 19.9. The number of carbonyl (C=O) groups is 1. The monoisotopic (exact) mass is 442 g/mol. The maximum Gasteiger partial charge on any atom is 0.339 e. The summed E-state index contributed by atoms with van der Waals surface area (Å²) < 4.78 is 5.70. The van der Waals surface area contributed by atoms with E-state index in [9.17, 15) is 10.0 Å². The number of fused-ring (bicyclic) bond motifs is 2. The molecule has 0 heterocycles. The summed E-state index contributed by atoms with van der Waals surface area (Å²) in [6.45, 7) is 8.77. The number of allylic oxidation sites excluding steroid dienone is 2. The van der Waals surface area contributed by atoms with Crippen molar-refractivity contribution in [1.82, 2.24) is 10.6 Å². The third-order valence-corrected chi connectivity index (χ3v) is 6.89. The van der Waals surface area contributed by atoms with Crippen molar-refractivity contribution in [2.45, 2.75) is 85.0 Å². The third kappa shape index (κ3) is 5.44. The van der Waals surface area contributed by atoms with Crippen LogP contribution in [0.5, 0.6) is 0 Å². The predicted octanol–water partition coefficient (Wildman–Crippen LogP) is 5.68. The number of urea groups is 1. The molecule has 2 amide bonds. The standard InChI is InChI=1S/C25H38N4O3/c1-5-16(2)8-7-13-32-18(4)22(15-26)29(31)28-25(30)27-24-21-10-6-9-19(21)14-20-12-11-17(3)23(20)24/h14-17,26,31H,5-13H2,1-4H3,(H2,27,28,30)/b22-18-,26-15?. The van der Waals surface area contributed by atoms with E-state index in [1.54, 1.807) is 6.92 Å². The predicted molar refractivity (Wildman–Crippen MR) is 127 cm³/mol. The van der Waals surface area contributed by atoms with Crippen LogP contribution in [-0.4, -0.2) is 29.2 Å². The van der Waals surface area contributed by atoms with Crippen LogP contribution in [-0.2, 0) is 24.0 Å². The lowest BCUT2D eigenvalue weighted by Crippen LogP contribution is -2.42. The Morgan fingerprint density at radius 1 is 1.38 bits per heavy atom. The minimum absolute atomic E-state index is 0.0978. The quantitative estimate of drug-likeness (QED) is 0.162. The minimum Gasteiger partial charge on any atom is -0.496 e. The maximum atomic E-state index is 12.8. The number of aryl methyl sites for hydroxylation is 2. The van der Waals surface area contributed by atoms with E-state index in [2.05, 4.69) is 37.6 Å². The van der Waals surface area contributed by atoms with E-state index in [0.29, 0.717) is 29.4 Å². The van der Waals surface area contributed by atoms with Crippen molar-refractivity contribution >= 4 is 17.9 Å². The first-order valence-corrected chi connectivity index (χ1v) is 11.9. The molecule has 1 aromatic carbocycles. The highest BCUT2D eigenvalue weighted by molar-refractivity contribution is 5.92. The summed E-state index contributed by atoms with van der Waals surface area (Å²) in [5, 5.41) is 21.6. The molecule has 0 fully saturated rings. The van der Waals surface area contributed by atoms with Gasteiger partial charge in [0.1, 0.15) is 11.5 Å². The molecular formula is C25H38N4O3. The molecule has 1 aromatic rings. The topological polar surface area (TPSA) is 97.7 Å². The zero-order chi connectivity index (χ0) is 23.3. The summed E-state index contributed by atoms with van der Waals surface area (Å²) in [6.07, 6.45) is 9.33. The van der Waals surface area contributed by atoms with Crippen LogP contribution < -0.4 is 10.7 Å². The highest BCUT2D eigenvalue weighted by atomic mass is 16.5. The zero-order valence-corrected chi connectivity index (χ0v) is 19.9. The van der Waals surface area contributed by atoms with Gasteiger partial charge in [-0.3, -0.25) is 5.21 Å². The van der Waals surface area contributed by atoms with Crippen molar-refractivity contribution in [1.29, 1.82) is 5.41 Å². The number of hydrogen-bond acceptors (Lipinski definition) is 5. The third-order valence-electron chi connectivity index (χ3n) is 6.89. The number of anilines is 1. The Morgan fingerprint density at radius 2 is 2.16 bits per heavy atom. The second-order valence-corrected chi connectivity index (χ2v) is 9.22. The van der Waals surface area contributed by atoms with Crippen molar-refractivity contribution in [3.05, 3.63) is 39.8 Å². The number of nitrogens with zero attached hydrogens (tertiary/aromatic N) is 1. The molecule has 0 bridgehead atoms. The number of carbonyl (C=O) groups excluding carboxylic acids is 1. The number of benzene rings is 1. The summed E-state index contributed by atoms with van der Waals surface area (Å²) in [7, 11) is 0. The lowest BCUT2D eigenvalue weighted by molar-refractivity contribution is -0.0840. The molecule has 0 spiro atoms. The number of hydrazine groups is 1. The van der Waals surface area contributed by atoms with E-state index in [1.807, 2.05) is 0 Å². The highest BCUT2D eigenvalue weighted by Crippen LogP contribution is 2.43. The molecule has 32 heavy (non-hydrogen) atoms. The molecule has 4 N–H and O–H groups in total. The molecule has 0 saturated carbocycles. The second-order valence-electron chi connectivity index (χ2n) is 9.22. The lowest BCUT2D eigenvalue weighted by Gasteiger charge is -2.23. The largest absolute Gasteiger partial charge is 0.496 e. The van der Waals surface area contributed by atoms with Gasteiger partial charge in [0.15, 0.2) is 0 Å². The van der Waals surface area contributed by atoms with E-state index in [4.69, 9.17) is 10.1 Å². The Bertz CT molecular complexity index is 880. The van der Waals surface area contributed by atoms with E-state index in [0.717, 1.165) is 63.3 Å². The van der Waals surface area contributed by atoms with Crippen LogP contribution in [0, 0.1) is 11.3 Å². The fourth-order valence-electron chi connectivity index (χ4n) is 4.80. The van der Waals surface area contributed by atoms with Gasteiger partial charge >= 0.3 is 6.03 Å². The Balaban J connectivity index is 1.65. The Morgan fingerprint density at radius 3 is 2.88 bits per heavy atom. The van der Waals surface area contributed by atoms with Gasteiger partial charge in [-0.15, -0.1) is 0 Å². The molecule has 0 aromatic heterocycles. The van der Waals surface area contributed by atoms with Gasteiger partial charge < -0.3 is 15.5 Å². The normalized spacial score (nSPS) is 18.3. The summed E-state index contributed by atoms with van der Waals surface area (Å²) in [5.74, 6) is 1.44. The smallest absolute Gasteiger partial charge is 0.339 e. The molecule has 0 saturated heterocycles. The molecule has 2 atom stereocenters. The van der Waals surface area contributed by atoms with Crippen LogP contribution in [0.1, 0.15) is 88.0 Å². The first-order chi connectivity index (χ1) is 15.3. The Kier molecular flexibility index (Phi) is 8.18. The summed E-state index contributed by atoms with van der Waals surface area (Å²) in [4.78, 5) is 12.8. The fourth-order valence-corrected chi connectivity index (χ4v) is 4.80. The molecular weight excluding hydrogens is 404 g/mol. The highest BCUT2D eigenvalue weighted by Gasteiger charge is 2.29. The second kappa shape index (κ2) is 10.9. The SMILES string of the molecule is CCC(C)CCCO/C(C)=C(/C=N)N(O)NC(=O)Nc1c2c(cc3c1C(C)CC3)CCC2. The average Bonchev–Trinajstić information content (AvgIpc) is 3.38. The molecule has 176 valence electrons. The van der Waals surface area contributed by atoms with Crippen molar-refractivity contribution in [2.24, 2.45) is 5.92 Å². The van der Waals surface area contributed by atoms with Gasteiger partial charge in [-0.25, -0.2) is 10.2 Å². The van der Waals surface area contributed by atoms with Crippen molar-refractivity contribution < 1.29 is 14.7 Å². The number of hydroxylamine groups is 1. The molecule has 2 aliphatic carbocycles. The van der Waals surface area contributed by atoms with Crippen LogP contribution in [0.2, 0.25) is 0 Å². The molecule has 0 aliphatic heterocycles. The first-order valence-electron chi connectivity index (χ1n) is 11.9. The van der Waals surface area contributed by atoms with E-state index >= 15 is 0 Å². The van der Waals surface area contributed by atoms with Gasteiger partial charge in [0.25, 0.3) is 0 Å². The molecule has 2 aliphatic rings. The summed E-state index contributed by atoms with van der Waals surface area (Å²) >= 11 is 0. The van der Waals surface area contributed by atoms with Crippen LogP contribution in [0.3, 0.4) is 0 Å². The fraction of sp³-hybridized carbons (Fsp3) is 0.600. The molecule has 0 radical (unpaired) electrons. The van der Waals surface area contributed by atoms with E-state index < -0.39 is 6.03 Å². The van der Waals surface area contributed by atoms with E-state index in [1.165, 1.54) is 22.3 Å². The van der Waals surface area contributed by atoms with Gasteiger partial charge in [0.2, 0.25) is 0 Å². The van der Waals surface area contributed by atoms with Gasteiger partial charge in [-0.1, -0.05) is 33.3 Å². The molecule has 3 rings (SSSR count). The average molecular weight is 443 g/mol. The van der Waals surface area contributed by atoms with Gasteiger partial charge in [0, 0.05) is 11.9 Å². The lowest BCUT2D eigenvalue weighted by atomic mass is 9.95. The van der Waals surface area contributed by atoms with E-state index in [-0.39, 0.29) is 5.70 Å². The number of rotatable bonds is 10. The molecule has 7 heteroatoms.